The van der Waals surface area contributed by atoms with Gasteiger partial charge in [-0.2, -0.15) is 0 Å². The zero-order chi connectivity index (χ0) is 13.4. The molecule has 0 saturated heterocycles. The Balaban J connectivity index is 2.17. The van der Waals surface area contributed by atoms with Gasteiger partial charge in [0.2, 0.25) is 0 Å². The van der Waals surface area contributed by atoms with Crippen molar-refractivity contribution < 1.29 is 4.79 Å². The van der Waals surface area contributed by atoms with Crippen LogP contribution in [-0.4, -0.2) is 5.78 Å². The van der Waals surface area contributed by atoms with Crippen LogP contribution in [0.15, 0.2) is 47.8 Å². The smallest absolute Gasteiger partial charge is 0.196 e. The summed E-state index contributed by atoms with van der Waals surface area (Å²) >= 11 is 13.6. The number of halogens is 2. The highest BCUT2D eigenvalue weighted by Gasteiger charge is 2.17. The minimum Gasteiger partial charge on any atom is -0.288 e. The maximum absolute atomic E-state index is 12.6. The molecule has 0 N–H and O–H groups in total. The molecule has 4 heteroatoms. The lowest BCUT2D eigenvalue weighted by molar-refractivity contribution is 0.104. The number of hydrogen-bond acceptors (Lipinski definition) is 2. The minimum atomic E-state index is -0.0926. The third-order valence-corrected chi connectivity index (χ3v) is 4.70. The van der Waals surface area contributed by atoms with Gasteiger partial charge in [-0.25, -0.2) is 0 Å². The fourth-order valence-electron chi connectivity index (χ4n) is 1.98. The second kappa shape index (κ2) is 4.97. The SMILES string of the molecule is O=C(c1cccc(Cl)c1Cl)c1csc2ccccc12. The Kier molecular flexibility index (Phi) is 3.31. The number of thiophene rings is 1. The standard InChI is InChI=1S/C15H8Cl2OS/c16-12-6-3-5-10(14(12)17)15(18)11-8-19-13-7-2-1-4-9(11)13/h1-8H. The molecule has 94 valence electrons. The number of benzene rings is 2. The number of carbonyl (C=O) groups excluding carboxylic acids is 1. The van der Waals surface area contributed by atoms with E-state index in [2.05, 4.69) is 0 Å². The first kappa shape index (κ1) is 12.7. The van der Waals surface area contributed by atoms with Crippen molar-refractivity contribution in [2.75, 3.05) is 0 Å². The summed E-state index contributed by atoms with van der Waals surface area (Å²) in [7, 11) is 0. The van der Waals surface area contributed by atoms with E-state index >= 15 is 0 Å². The van der Waals surface area contributed by atoms with Gasteiger partial charge < -0.3 is 0 Å². The normalized spacial score (nSPS) is 10.8. The van der Waals surface area contributed by atoms with Crippen molar-refractivity contribution in [1.29, 1.82) is 0 Å². The molecule has 0 aliphatic rings. The number of hydrogen-bond donors (Lipinski definition) is 0. The topological polar surface area (TPSA) is 17.1 Å². The van der Waals surface area contributed by atoms with E-state index in [1.54, 1.807) is 29.5 Å². The second-order valence-electron chi connectivity index (χ2n) is 4.08. The van der Waals surface area contributed by atoms with Gasteiger partial charge in [0, 0.05) is 26.6 Å². The fraction of sp³-hybridized carbons (Fsp3) is 0. The molecule has 0 aliphatic carbocycles. The minimum absolute atomic E-state index is 0.0926. The first-order chi connectivity index (χ1) is 9.18. The molecule has 0 saturated carbocycles. The van der Waals surface area contributed by atoms with Gasteiger partial charge in [0.25, 0.3) is 0 Å². The van der Waals surface area contributed by atoms with Crippen molar-refractivity contribution in [3.05, 3.63) is 69.0 Å². The highest BCUT2D eigenvalue weighted by atomic mass is 35.5. The third kappa shape index (κ3) is 2.16. The van der Waals surface area contributed by atoms with E-state index in [-0.39, 0.29) is 5.78 Å². The van der Waals surface area contributed by atoms with E-state index in [1.807, 2.05) is 29.6 Å². The van der Waals surface area contributed by atoms with Crippen molar-refractivity contribution in [3.63, 3.8) is 0 Å². The molecule has 0 aliphatic heterocycles. The summed E-state index contributed by atoms with van der Waals surface area (Å²) in [4.78, 5) is 12.6. The molecular formula is C15H8Cl2OS. The van der Waals surface area contributed by atoms with E-state index < -0.39 is 0 Å². The molecule has 0 radical (unpaired) electrons. The fourth-order valence-corrected chi connectivity index (χ4v) is 3.31. The maximum atomic E-state index is 12.6. The average molecular weight is 307 g/mol. The molecule has 19 heavy (non-hydrogen) atoms. The van der Waals surface area contributed by atoms with E-state index in [4.69, 9.17) is 23.2 Å². The van der Waals surface area contributed by atoms with Gasteiger partial charge in [-0.3, -0.25) is 4.79 Å². The second-order valence-corrected chi connectivity index (χ2v) is 5.77. The molecular weight excluding hydrogens is 299 g/mol. The molecule has 3 aromatic rings. The van der Waals surface area contributed by atoms with Gasteiger partial charge in [-0.15, -0.1) is 11.3 Å². The molecule has 3 rings (SSSR count). The predicted molar refractivity (Wildman–Crippen MR) is 81.7 cm³/mol. The van der Waals surface area contributed by atoms with Crippen LogP contribution in [0.5, 0.6) is 0 Å². The molecule has 0 amide bonds. The summed E-state index contributed by atoms with van der Waals surface area (Å²) in [5.41, 5.74) is 1.11. The zero-order valence-electron chi connectivity index (χ0n) is 9.69. The lowest BCUT2D eigenvalue weighted by Crippen LogP contribution is -2.01. The Bertz CT molecular complexity index is 777. The zero-order valence-corrected chi connectivity index (χ0v) is 12.0. The summed E-state index contributed by atoms with van der Waals surface area (Å²) in [5, 5.41) is 3.52. The van der Waals surface area contributed by atoms with Crippen LogP contribution in [0.3, 0.4) is 0 Å². The number of fused-ring (bicyclic) bond motifs is 1. The average Bonchev–Trinajstić information content (AvgIpc) is 2.85. The van der Waals surface area contributed by atoms with Crippen LogP contribution in [0.1, 0.15) is 15.9 Å². The van der Waals surface area contributed by atoms with Gasteiger partial charge in [0.1, 0.15) is 0 Å². The lowest BCUT2D eigenvalue weighted by Gasteiger charge is -2.04. The highest BCUT2D eigenvalue weighted by Crippen LogP contribution is 2.31. The Morgan fingerprint density at radius 2 is 1.74 bits per heavy atom. The monoisotopic (exact) mass is 306 g/mol. The summed E-state index contributed by atoms with van der Waals surface area (Å²) in [5.74, 6) is -0.0926. The van der Waals surface area contributed by atoms with Gasteiger partial charge in [-0.1, -0.05) is 47.5 Å². The van der Waals surface area contributed by atoms with Crippen LogP contribution in [0.2, 0.25) is 10.0 Å². The largest absolute Gasteiger partial charge is 0.288 e. The van der Waals surface area contributed by atoms with Crippen LogP contribution in [0.25, 0.3) is 10.1 Å². The van der Waals surface area contributed by atoms with Crippen molar-refractivity contribution in [2.24, 2.45) is 0 Å². The van der Waals surface area contributed by atoms with Gasteiger partial charge in [0.15, 0.2) is 5.78 Å². The molecule has 1 heterocycles. The van der Waals surface area contributed by atoms with Crippen LogP contribution < -0.4 is 0 Å². The third-order valence-electron chi connectivity index (χ3n) is 2.92. The quantitative estimate of drug-likeness (QED) is 0.576. The molecule has 0 atom stereocenters. The highest BCUT2D eigenvalue weighted by molar-refractivity contribution is 7.17. The van der Waals surface area contributed by atoms with Crippen molar-refractivity contribution in [3.8, 4) is 0 Å². The van der Waals surface area contributed by atoms with Crippen molar-refractivity contribution >= 4 is 50.4 Å². The molecule has 0 spiro atoms. The van der Waals surface area contributed by atoms with Gasteiger partial charge in [0.05, 0.1) is 10.0 Å². The lowest BCUT2D eigenvalue weighted by atomic mass is 10.0. The first-order valence-corrected chi connectivity index (χ1v) is 7.27. The van der Waals surface area contributed by atoms with Crippen molar-refractivity contribution in [2.45, 2.75) is 0 Å². The number of rotatable bonds is 2. The molecule has 0 bridgehead atoms. The van der Waals surface area contributed by atoms with Crippen LogP contribution in [-0.2, 0) is 0 Å². The van der Waals surface area contributed by atoms with E-state index in [0.717, 1.165) is 10.1 Å². The molecule has 1 nitrogen and oxygen atoms in total. The molecule has 0 fully saturated rings. The number of ketones is 1. The van der Waals surface area contributed by atoms with E-state index in [9.17, 15) is 4.79 Å². The molecule has 0 unspecified atom stereocenters. The Morgan fingerprint density at radius 1 is 0.947 bits per heavy atom. The van der Waals surface area contributed by atoms with Crippen LogP contribution in [0, 0.1) is 0 Å². The summed E-state index contributed by atoms with van der Waals surface area (Å²) in [6.45, 7) is 0. The molecule has 2 aromatic carbocycles. The number of carbonyl (C=O) groups is 1. The van der Waals surface area contributed by atoms with E-state index in [0.29, 0.717) is 21.2 Å². The maximum Gasteiger partial charge on any atom is 0.196 e. The van der Waals surface area contributed by atoms with Gasteiger partial charge in [-0.05, 0) is 18.2 Å². The Morgan fingerprint density at radius 3 is 2.58 bits per heavy atom. The molecule has 1 aromatic heterocycles. The first-order valence-electron chi connectivity index (χ1n) is 5.63. The van der Waals surface area contributed by atoms with Gasteiger partial charge >= 0.3 is 0 Å². The predicted octanol–water partition coefficient (Wildman–Crippen LogP) is 5.44. The van der Waals surface area contributed by atoms with E-state index in [1.165, 1.54) is 0 Å². The van der Waals surface area contributed by atoms with Crippen molar-refractivity contribution in [1.82, 2.24) is 0 Å². The Labute approximate surface area is 124 Å². The summed E-state index contributed by atoms with van der Waals surface area (Å²) < 4.78 is 1.09. The van der Waals surface area contributed by atoms with Crippen LogP contribution >= 0.6 is 34.5 Å². The summed E-state index contributed by atoms with van der Waals surface area (Å²) in [6, 6.07) is 12.9. The van der Waals surface area contributed by atoms with Crippen LogP contribution in [0.4, 0.5) is 0 Å². The Hall–Kier alpha value is -1.35. The summed E-state index contributed by atoms with van der Waals surface area (Å²) in [6.07, 6.45) is 0.